The molecule has 0 bridgehead atoms. The zero-order chi connectivity index (χ0) is 33.1. The number of likely N-dealkylation sites (tertiary alicyclic amines) is 1. The second-order valence-corrected chi connectivity index (χ2v) is 14.4. The maximum atomic E-state index is 14.9. The van der Waals surface area contributed by atoms with Gasteiger partial charge in [0, 0.05) is 68.2 Å². The molecular weight excluding hydrogens is 602 g/mol. The third kappa shape index (κ3) is 9.24. The van der Waals surface area contributed by atoms with Crippen molar-refractivity contribution in [1.82, 2.24) is 20.0 Å². The van der Waals surface area contributed by atoms with Crippen LogP contribution in [0, 0.1) is 17.6 Å². The molecule has 0 aliphatic carbocycles. The summed E-state index contributed by atoms with van der Waals surface area (Å²) in [4.78, 5) is 46.0. The number of halogens is 3. The Kier molecular flexibility index (Phi) is 10.9. The molecule has 11 heteroatoms. The number of hydrogen-bond acceptors (Lipinski definition) is 5. The van der Waals surface area contributed by atoms with Crippen molar-refractivity contribution in [2.24, 2.45) is 5.92 Å². The third-order valence-electron chi connectivity index (χ3n) is 8.47. The van der Waals surface area contributed by atoms with Crippen molar-refractivity contribution in [3.8, 4) is 0 Å². The van der Waals surface area contributed by atoms with E-state index in [-0.39, 0.29) is 30.4 Å². The minimum absolute atomic E-state index is 0.104. The highest BCUT2D eigenvalue weighted by Gasteiger charge is 2.45. The van der Waals surface area contributed by atoms with E-state index in [1.165, 1.54) is 12.1 Å². The number of carbonyl (C=O) groups excluding carboxylic acids is 3. The quantitative estimate of drug-likeness (QED) is 0.452. The van der Waals surface area contributed by atoms with Gasteiger partial charge in [-0.3, -0.25) is 19.3 Å². The predicted molar refractivity (Wildman–Crippen MR) is 170 cm³/mol. The Morgan fingerprint density at radius 1 is 0.933 bits per heavy atom. The zero-order valence-electron chi connectivity index (χ0n) is 27.0. The predicted octanol–water partition coefficient (Wildman–Crippen LogP) is 4.65. The van der Waals surface area contributed by atoms with Gasteiger partial charge in [-0.25, -0.2) is 8.78 Å². The van der Waals surface area contributed by atoms with Gasteiger partial charge in [0.15, 0.2) is 0 Å². The van der Waals surface area contributed by atoms with Gasteiger partial charge in [0.2, 0.25) is 17.7 Å². The second kappa shape index (κ2) is 14.1. The number of amides is 3. The highest BCUT2D eigenvalue weighted by Crippen LogP contribution is 2.38. The summed E-state index contributed by atoms with van der Waals surface area (Å²) >= 11 is 6.04. The van der Waals surface area contributed by atoms with Gasteiger partial charge in [-0.15, -0.1) is 0 Å². The maximum absolute atomic E-state index is 14.9. The molecule has 246 valence electrons. The van der Waals surface area contributed by atoms with E-state index in [1.54, 1.807) is 21.9 Å². The zero-order valence-corrected chi connectivity index (χ0v) is 27.8. The van der Waals surface area contributed by atoms with E-state index in [2.05, 4.69) is 31.0 Å². The van der Waals surface area contributed by atoms with Crippen LogP contribution in [0.4, 0.5) is 8.78 Å². The monoisotopic (exact) mass is 646 g/mol. The molecule has 0 unspecified atom stereocenters. The van der Waals surface area contributed by atoms with E-state index in [0.717, 1.165) is 11.6 Å². The molecule has 2 aromatic carbocycles. The Labute approximate surface area is 270 Å². The summed E-state index contributed by atoms with van der Waals surface area (Å²) in [5.74, 6) is -2.98. The van der Waals surface area contributed by atoms with Crippen molar-refractivity contribution in [1.29, 1.82) is 0 Å². The summed E-state index contributed by atoms with van der Waals surface area (Å²) in [5.41, 5.74) is 0.426. The Morgan fingerprint density at radius 2 is 1.56 bits per heavy atom. The lowest BCUT2D eigenvalue weighted by molar-refractivity contribution is -0.144. The molecule has 4 rings (SSSR count). The van der Waals surface area contributed by atoms with Crippen molar-refractivity contribution in [3.63, 3.8) is 0 Å². The molecule has 0 spiro atoms. The van der Waals surface area contributed by atoms with Gasteiger partial charge in [0.05, 0.1) is 11.5 Å². The molecule has 2 aromatic rings. The fourth-order valence-electron chi connectivity index (χ4n) is 5.90. The molecule has 2 fully saturated rings. The fourth-order valence-corrected chi connectivity index (χ4v) is 6.02. The van der Waals surface area contributed by atoms with Crippen molar-refractivity contribution >= 4 is 29.3 Å². The minimum Gasteiger partial charge on any atom is -0.366 e. The molecule has 2 saturated heterocycles. The van der Waals surface area contributed by atoms with Crippen LogP contribution in [0.2, 0.25) is 5.02 Å². The van der Waals surface area contributed by atoms with E-state index in [1.807, 2.05) is 32.9 Å². The lowest BCUT2D eigenvalue weighted by atomic mass is 9.87. The summed E-state index contributed by atoms with van der Waals surface area (Å²) < 4.78 is 34.2. The standard InChI is InChI=1S/C34H45ClF2N4O4/c1-33(2,3)41-19-26(25-12-11-24(36)18-28(25)37)27(20-41)31(43)39-13-15-40(16-14-39)32(44)29(17-22-7-9-23(35)10-8-22)38-30(42)21-45-34(4,5)6/h7-12,18,26-27,29H,13-17,19-21H2,1-6H3,(H,38,42)/t26-,27+,29-/m0/s1. The first-order valence-corrected chi connectivity index (χ1v) is 15.8. The first kappa shape index (κ1) is 34.8. The van der Waals surface area contributed by atoms with Crippen LogP contribution in [0.15, 0.2) is 42.5 Å². The van der Waals surface area contributed by atoms with E-state index < -0.39 is 41.0 Å². The molecule has 45 heavy (non-hydrogen) atoms. The molecule has 3 atom stereocenters. The van der Waals surface area contributed by atoms with Gasteiger partial charge in [-0.05, 0) is 70.9 Å². The van der Waals surface area contributed by atoms with Crippen molar-refractivity contribution in [2.45, 2.75) is 71.1 Å². The van der Waals surface area contributed by atoms with Crippen LogP contribution in [0.3, 0.4) is 0 Å². The average Bonchev–Trinajstić information content (AvgIpc) is 3.42. The van der Waals surface area contributed by atoms with Gasteiger partial charge in [-0.2, -0.15) is 0 Å². The molecule has 0 radical (unpaired) electrons. The first-order chi connectivity index (χ1) is 21.0. The van der Waals surface area contributed by atoms with Crippen molar-refractivity contribution in [3.05, 3.63) is 70.2 Å². The van der Waals surface area contributed by atoms with Gasteiger partial charge in [0.25, 0.3) is 0 Å². The lowest BCUT2D eigenvalue weighted by Crippen LogP contribution is -2.57. The lowest BCUT2D eigenvalue weighted by Gasteiger charge is -2.38. The highest BCUT2D eigenvalue weighted by molar-refractivity contribution is 6.30. The number of nitrogens with one attached hydrogen (secondary N) is 1. The fraction of sp³-hybridized carbons (Fsp3) is 0.559. The number of carbonyl (C=O) groups is 3. The average molecular weight is 647 g/mol. The molecule has 2 heterocycles. The minimum atomic E-state index is -0.828. The van der Waals surface area contributed by atoms with Gasteiger partial charge < -0.3 is 19.9 Å². The Bertz CT molecular complexity index is 1370. The summed E-state index contributed by atoms with van der Waals surface area (Å²) in [5, 5.41) is 3.42. The normalized spacial score (nSPS) is 20.3. The third-order valence-corrected chi connectivity index (χ3v) is 8.73. The molecule has 1 N–H and O–H groups in total. The summed E-state index contributed by atoms with van der Waals surface area (Å²) in [7, 11) is 0. The number of ether oxygens (including phenoxy) is 1. The summed E-state index contributed by atoms with van der Waals surface area (Å²) in [6.45, 7) is 13.7. The maximum Gasteiger partial charge on any atom is 0.246 e. The Morgan fingerprint density at radius 3 is 2.13 bits per heavy atom. The van der Waals surface area contributed by atoms with Gasteiger partial charge in [-0.1, -0.05) is 29.8 Å². The van der Waals surface area contributed by atoms with Crippen molar-refractivity contribution in [2.75, 3.05) is 45.9 Å². The summed E-state index contributed by atoms with van der Waals surface area (Å²) in [6, 6.07) is 9.84. The molecule has 0 aromatic heterocycles. The number of rotatable bonds is 8. The van der Waals surface area contributed by atoms with E-state index in [0.29, 0.717) is 49.9 Å². The van der Waals surface area contributed by atoms with Crippen LogP contribution in [-0.4, -0.2) is 95.5 Å². The van der Waals surface area contributed by atoms with Gasteiger partial charge in [0.1, 0.15) is 24.3 Å². The van der Waals surface area contributed by atoms with Crippen LogP contribution >= 0.6 is 11.6 Å². The number of piperazine rings is 1. The number of nitrogens with zero attached hydrogens (tertiary/aromatic N) is 3. The summed E-state index contributed by atoms with van der Waals surface area (Å²) in [6.07, 6.45) is 0.270. The van der Waals surface area contributed by atoms with E-state index in [9.17, 15) is 23.2 Å². The van der Waals surface area contributed by atoms with Crippen LogP contribution < -0.4 is 5.32 Å². The highest BCUT2D eigenvalue weighted by atomic mass is 35.5. The van der Waals surface area contributed by atoms with Gasteiger partial charge >= 0.3 is 0 Å². The molecule has 3 amide bonds. The van der Waals surface area contributed by atoms with Crippen molar-refractivity contribution < 1.29 is 27.9 Å². The Hall–Kier alpha value is -3.08. The topological polar surface area (TPSA) is 82.2 Å². The second-order valence-electron chi connectivity index (χ2n) is 14.0. The molecule has 0 saturated carbocycles. The van der Waals surface area contributed by atoms with Crippen LogP contribution in [-0.2, 0) is 25.5 Å². The molecular formula is C34H45ClF2N4O4. The first-order valence-electron chi connectivity index (χ1n) is 15.5. The van der Waals surface area contributed by atoms with E-state index in [4.69, 9.17) is 16.3 Å². The molecule has 8 nitrogen and oxygen atoms in total. The number of benzene rings is 2. The van der Waals surface area contributed by atoms with E-state index >= 15 is 0 Å². The molecule has 2 aliphatic rings. The van der Waals surface area contributed by atoms with Crippen LogP contribution in [0.5, 0.6) is 0 Å². The number of hydrogen-bond donors (Lipinski definition) is 1. The Balaban J connectivity index is 1.45. The van der Waals surface area contributed by atoms with Crippen LogP contribution in [0.1, 0.15) is 58.6 Å². The SMILES string of the molecule is CC(C)(C)OCC(=O)N[C@@H](Cc1ccc(Cl)cc1)C(=O)N1CCN(C(=O)[C@@H]2CN(C(C)(C)C)C[C@H]2c2ccc(F)cc2F)CC1. The molecule has 2 aliphatic heterocycles. The van der Waals surface area contributed by atoms with Crippen LogP contribution in [0.25, 0.3) is 0 Å². The smallest absolute Gasteiger partial charge is 0.246 e. The largest absolute Gasteiger partial charge is 0.366 e.